The Morgan fingerprint density at radius 1 is 1.08 bits per heavy atom. The van der Waals surface area contributed by atoms with Crippen LogP contribution in [0.1, 0.15) is 12.0 Å². The molecule has 0 radical (unpaired) electrons. The average Bonchev–Trinajstić information content (AvgIpc) is 2.54. The van der Waals surface area contributed by atoms with Gasteiger partial charge in [-0.2, -0.15) is 13.2 Å². The third kappa shape index (κ3) is 5.82. The average molecular weight is 451 g/mol. The molecule has 0 atom stereocenters. The molecule has 0 fully saturated rings. The zero-order valence-corrected chi connectivity index (χ0v) is 15.6. The third-order valence-electron chi connectivity index (χ3n) is 3.24. The fraction of sp³-hybridized carbons (Fsp3) is 0.188. The number of sulfonamides is 1. The maximum atomic E-state index is 12.6. The first-order chi connectivity index (χ1) is 12.1. The van der Waals surface area contributed by atoms with E-state index in [0.717, 1.165) is 16.6 Å². The zero-order chi connectivity index (χ0) is 19.4. The van der Waals surface area contributed by atoms with Crippen LogP contribution in [0.2, 0.25) is 0 Å². The minimum Gasteiger partial charge on any atom is -0.326 e. The third-order valence-corrected chi connectivity index (χ3v) is 5.25. The van der Waals surface area contributed by atoms with Gasteiger partial charge < -0.3 is 5.32 Å². The smallest absolute Gasteiger partial charge is 0.326 e. The van der Waals surface area contributed by atoms with Crippen molar-refractivity contribution in [3.63, 3.8) is 0 Å². The van der Waals surface area contributed by atoms with E-state index in [-0.39, 0.29) is 23.5 Å². The van der Waals surface area contributed by atoms with Crippen LogP contribution in [0, 0.1) is 0 Å². The molecule has 140 valence electrons. The van der Waals surface area contributed by atoms with Crippen molar-refractivity contribution in [3.05, 3.63) is 58.6 Å². The highest BCUT2D eigenvalue weighted by molar-refractivity contribution is 9.10. The molecule has 0 saturated carbocycles. The fourth-order valence-electron chi connectivity index (χ4n) is 1.99. The van der Waals surface area contributed by atoms with Crippen molar-refractivity contribution in [3.8, 4) is 0 Å². The first kappa shape index (κ1) is 20.4. The summed E-state index contributed by atoms with van der Waals surface area (Å²) in [5.41, 5.74) is -0.896. The van der Waals surface area contributed by atoms with Crippen molar-refractivity contribution in [2.24, 2.45) is 0 Å². The van der Waals surface area contributed by atoms with Crippen molar-refractivity contribution in [2.45, 2.75) is 17.5 Å². The van der Waals surface area contributed by atoms with Crippen molar-refractivity contribution >= 4 is 37.5 Å². The van der Waals surface area contributed by atoms with Crippen LogP contribution in [-0.4, -0.2) is 20.9 Å². The molecular formula is C16H14BrF3N2O3S. The van der Waals surface area contributed by atoms with Crippen LogP contribution in [-0.2, 0) is 21.0 Å². The number of hydrogen-bond acceptors (Lipinski definition) is 3. The largest absolute Gasteiger partial charge is 0.416 e. The molecule has 26 heavy (non-hydrogen) atoms. The predicted molar refractivity (Wildman–Crippen MR) is 94.0 cm³/mol. The van der Waals surface area contributed by atoms with E-state index < -0.39 is 27.7 Å². The highest BCUT2D eigenvalue weighted by atomic mass is 79.9. The molecule has 10 heteroatoms. The molecule has 0 heterocycles. The van der Waals surface area contributed by atoms with Crippen molar-refractivity contribution in [1.82, 2.24) is 4.72 Å². The summed E-state index contributed by atoms with van der Waals surface area (Å²) < 4.78 is 65.0. The summed E-state index contributed by atoms with van der Waals surface area (Å²) in [6, 6.07) is 10.1. The number of amides is 1. The summed E-state index contributed by atoms with van der Waals surface area (Å²) in [6.45, 7) is -0.191. The van der Waals surface area contributed by atoms with Crippen molar-refractivity contribution in [1.29, 1.82) is 0 Å². The topological polar surface area (TPSA) is 75.3 Å². The Kier molecular flexibility index (Phi) is 6.43. The molecule has 0 aromatic heterocycles. The van der Waals surface area contributed by atoms with E-state index in [1.807, 2.05) is 0 Å². The van der Waals surface area contributed by atoms with Crippen LogP contribution in [0.25, 0.3) is 0 Å². The molecule has 0 aliphatic carbocycles. The lowest BCUT2D eigenvalue weighted by Gasteiger charge is -2.10. The second kappa shape index (κ2) is 8.19. The molecule has 0 aliphatic heterocycles. The van der Waals surface area contributed by atoms with E-state index in [4.69, 9.17) is 0 Å². The number of hydrogen-bond donors (Lipinski definition) is 2. The zero-order valence-electron chi connectivity index (χ0n) is 13.2. The monoisotopic (exact) mass is 450 g/mol. The second-order valence-corrected chi connectivity index (χ2v) is 7.91. The van der Waals surface area contributed by atoms with Crippen molar-refractivity contribution < 1.29 is 26.4 Å². The minimum absolute atomic E-state index is 0.0133. The van der Waals surface area contributed by atoms with Crippen LogP contribution in [0.15, 0.2) is 57.9 Å². The maximum Gasteiger partial charge on any atom is 0.416 e. The van der Waals surface area contributed by atoms with Crippen LogP contribution < -0.4 is 10.0 Å². The molecule has 0 unspecified atom stereocenters. The number of rotatable bonds is 6. The molecule has 1 amide bonds. The Hall–Kier alpha value is -1.91. The Labute approximate surface area is 156 Å². The lowest BCUT2D eigenvalue weighted by atomic mass is 10.2. The molecule has 0 bridgehead atoms. The SMILES string of the molecule is O=C(CCNS(=O)(=O)c1ccc(Br)cc1)Nc1cccc(C(F)(F)F)c1. The van der Waals surface area contributed by atoms with Gasteiger partial charge in [-0.1, -0.05) is 22.0 Å². The van der Waals surface area contributed by atoms with Gasteiger partial charge in [0.1, 0.15) is 0 Å². The Balaban J connectivity index is 1.90. The number of halogens is 4. The first-order valence-electron chi connectivity index (χ1n) is 7.30. The molecule has 2 N–H and O–H groups in total. The van der Waals surface area contributed by atoms with Crippen LogP contribution in [0.4, 0.5) is 18.9 Å². The lowest BCUT2D eigenvalue weighted by Crippen LogP contribution is -2.27. The van der Waals surface area contributed by atoms with Gasteiger partial charge in [0, 0.05) is 23.1 Å². The highest BCUT2D eigenvalue weighted by Crippen LogP contribution is 2.30. The highest BCUT2D eigenvalue weighted by Gasteiger charge is 2.30. The number of alkyl halides is 3. The summed E-state index contributed by atoms with van der Waals surface area (Å²) in [7, 11) is -3.77. The summed E-state index contributed by atoms with van der Waals surface area (Å²) in [5, 5.41) is 2.31. The van der Waals surface area contributed by atoms with Gasteiger partial charge in [-0.25, -0.2) is 13.1 Å². The lowest BCUT2D eigenvalue weighted by molar-refractivity contribution is -0.137. The van der Waals surface area contributed by atoms with E-state index in [9.17, 15) is 26.4 Å². The van der Waals surface area contributed by atoms with Gasteiger partial charge in [0.15, 0.2) is 0 Å². The van der Waals surface area contributed by atoms with Gasteiger partial charge in [0.05, 0.1) is 10.5 Å². The number of benzene rings is 2. The van der Waals surface area contributed by atoms with Gasteiger partial charge in [0.2, 0.25) is 15.9 Å². The van der Waals surface area contributed by atoms with E-state index in [1.54, 1.807) is 12.1 Å². The van der Waals surface area contributed by atoms with Gasteiger partial charge in [-0.3, -0.25) is 4.79 Å². The van der Waals surface area contributed by atoms with Crippen molar-refractivity contribution in [2.75, 3.05) is 11.9 Å². The number of carbonyl (C=O) groups is 1. The summed E-state index contributed by atoms with van der Waals surface area (Å²) in [5.74, 6) is -0.608. The minimum atomic E-state index is -4.51. The molecular weight excluding hydrogens is 437 g/mol. The molecule has 0 saturated heterocycles. The molecule has 2 aromatic rings. The maximum absolute atomic E-state index is 12.6. The Morgan fingerprint density at radius 3 is 2.35 bits per heavy atom. The normalized spacial score (nSPS) is 12.0. The van der Waals surface area contributed by atoms with E-state index in [1.165, 1.54) is 24.3 Å². The van der Waals surface area contributed by atoms with Crippen LogP contribution in [0.5, 0.6) is 0 Å². The quantitative estimate of drug-likeness (QED) is 0.702. The predicted octanol–water partition coefficient (Wildman–Crippen LogP) is 3.78. The molecule has 0 aliphatic rings. The standard InChI is InChI=1S/C16H14BrF3N2O3S/c17-12-4-6-14(7-5-12)26(24,25)21-9-8-15(23)22-13-3-1-2-11(10-13)16(18,19)20/h1-7,10,21H,8-9H2,(H,22,23). The Morgan fingerprint density at radius 2 is 1.73 bits per heavy atom. The summed E-state index contributed by atoms with van der Waals surface area (Å²) >= 11 is 3.19. The Bertz CT molecular complexity index is 884. The molecule has 0 spiro atoms. The number of carbonyl (C=O) groups excluding carboxylic acids is 1. The number of anilines is 1. The van der Waals surface area contributed by atoms with Crippen LogP contribution >= 0.6 is 15.9 Å². The molecule has 2 rings (SSSR count). The second-order valence-electron chi connectivity index (χ2n) is 5.23. The fourth-order valence-corrected chi connectivity index (χ4v) is 3.29. The van der Waals surface area contributed by atoms with E-state index in [2.05, 4.69) is 26.0 Å². The van der Waals surface area contributed by atoms with E-state index in [0.29, 0.717) is 0 Å². The summed E-state index contributed by atoms with van der Waals surface area (Å²) in [4.78, 5) is 11.8. The van der Waals surface area contributed by atoms with Gasteiger partial charge in [0.25, 0.3) is 0 Å². The van der Waals surface area contributed by atoms with Gasteiger partial charge in [-0.15, -0.1) is 0 Å². The van der Waals surface area contributed by atoms with Gasteiger partial charge >= 0.3 is 6.18 Å². The van der Waals surface area contributed by atoms with Gasteiger partial charge in [-0.05, 0) is 42.5 Å². The first-order valence-corrected chi connectivity index (χ1v) is 9.58. The number of nitrogens with one attached hydrogen (secondary N) is 2. The summed E-state index contributed by atoms with van der Waals surface area (Å²) in [6.07, 6.45) is -4.74. The van der Waals surface area contributed by atoms with Crippen LogP contribution in [0.3, 0.4) is 0 Å². The molecule has 5 nitrogen and oxygen atoms in total. The van der Waals surface area contributed by atoms with E-state index >= 15 is 0 Å². The molecule has 2 aromatic carbocycles.